The van der Waals surface area contributed by atoms with Gasteiger partial charge in [-0.2, -0.15) is 5.10 Å². The minimum absolute atomic E-state index is 0.195. The third-order valence-electron chi connectivity index (χ3n) is 4.42. The molecule has 0 aliphatic heterocycles. The van der Waals surface area contributed by atoms with Crippen molar-refractivity contribution in [2.75, 3.05) is 12.4 Å². The van der Waals surface area contributed by atoms with E-state index in [4.69, 9.17) is 4.74 Å². The van der Waals surface area contributed by atoms with Crippen molar-refractivity contribution in [3.63, 3.8) is 0 Å². The first kappa shape index (κ1) is 16.8. The number of nitrogens with one attached hydrogen (secondary N) is 1. The summed E-state index contributed by atoms with van der Waals surface area (Å²) in [7, 11) is 1.60. The van der Waals surface area contributed by atoms with Crippen LogP contribution >= 0.6 is 0 Å². The molecule has 1 unspecified atom stereocenters. The van der Waals surface area contributed by atoms with Gasteiger partial charge in [0, 0.05) is 5.56 Å². The van der Waals surface area contributed by atoms with E-state index in [-0.39, 0.29) is 11.8 Å². The molecule has 0 saturated heterocycles. The Bertz CT molecular complexity index is 1080. The number of hydrogen-bond acceptors (Lipinski definition) is 6. The highest BCUT2D eigenvalue weighted by Crippen LogP contribution is 2.31. The predicted octanol–water partition coefficient (Wildman–Crippen LogP) is 3.70. The molecule has 0 fully saturated rings. The Labute approximate surface area is 156 Å². The number of methoxy groups -OCH3 is 1. The van der Waals surface area contributed by atoms with E-state index >= 15 is 0 Å². The van der Waals surface area contributed by atoms with Crippen LogP contribution in [0.3, 0.4) is 0 Å². The number of aromatic hydroxyl groups is 1. The highest BCUT2D eigenvalue weighted by molar-refractivity contribution is 5.87. The van der Waals surface area contributed by atoms with Crippen LogP contribution in [0, 0.1) is 0 Å². The summed E-state index contributed by atoms with van der Waals surface area (Å²) in [5, 5.41) is 18.8. The maximum absolute atomic E-state index is 10.2. The van der Waals surface area contributed by atoms with Gasteiger partial charge < -0.3 is 15.2 Å². The number of fused-ring (bicyclic) bond motifs is 1. The minimum atomic E-state index is -0.196. The number of ether oxygens (including phenoxy) is 1. The zero-order chi connectivity index (χ0) is 18.8. The molecule has 2 N–H and O–H groups in total. The van der Waals surface area contributed by atoms with Crippen LogP contribution in [-0.2, 0) is 0 Å². The summed E-state index contributed by atoms with van der Waals surface area (Å²) >= 11 is 0. The van der Waals surface area contributed by atoms with Gasteiger partial charge in [-0.15, -0.1) is 0 Å². The van der Waals surface area contributed by atoms with Gasteiger partial charge in [-0.3, -0.25) is 0 Å². The van der Waals surface area contributed by atoms with Crippen molar-refractivity contribution in [1.82, 2.24) is 19.7 Å². The van der Waals surface area contributed by atoms with E-state index in [1.807, 2.05) is 37.3 Å². The van der Waals surface area contributed by atoms with Crippen molar-refractivity contribution >= 4 is 16.9 Å². The van der Waals surface area contributed by atoms with Crippen LogP contribution < -0.4 is 10.1 Å². The first-order valence-corrected chi connectivity index (χ1v) is 8.55. The van der Waals surface area contributed by atoms with E-state index in [2.05, 4.69) is 20.4 Å². The van der Waals surface area contributed by atoms with Gasteiger partial charge in [0.25, 0.3) is 0 Å². The molecule has 27 heavy (non-hydrogen) atoms. The minimum Gasteiger partial charge on any atom is -0.508 e. The molecule has 4 rings (SSSR count). The normalized spacial score (nSPS) is 12.1. The van der Waals surface area contributed by atoms with Crippen LogP contribution in [0.5, 0.6) is 11.5 Å². The molecule has 2 heterocycles. The zero-order valence-corrected chi connectivity index (χ0v) is 15.0. The van der Waals surface area contributed by atoms with Crippen LogP contribution in [-0.4, -0.2) is 32.0 Å². The Morgan fingerprint density at radius 1 is 1.11 bits per heavy atom. The topological polar surface area (TPSA) is 85.1 Å². The Morgan fingerprint density at radius 3 is 2.70 bits per heavy atom. The van der Waals surface area contributed by atoms with Crippen molar-refractivity contribution in [3.05, 3.63) is 66.6 Å². The lowest BCUT2D eigenvalue weighted by Gasteiger charge is -2.17. The molecule has 0 aliphatic carbocycles. The zero-order valence-electron chi connectivity index (χ0n) is 15.0. The number of phenols is 1. The molecule has 0 spiro atoms. The molecule has 7 heteroatoms. The van der Waals surface area contributed by atoms with Crippen LogP contribution in [0.2, 0.25) is 0 Å². The lowest BCUT2D eigenvalue weighted by atomic mass is 10.1. The second-order valence-electron chi connectivity index (χ2n) is 6.14. The van der Waals surface area contributed by atoms with E-state index in [9.17, 15) is 5.11 Å². The molecule has 0 bridgehead atoms. The van der Waals surface area contributed by atoms with Crippen molar-refractivity contribution in [3.8, 4) is 17.2 Å². The second-order valence-corrected chi connectivity index (χ2v) is 6.14. The summed E-state index contributed by atoms with van der Waals surface area (Å²) in [4.78, 5) is 8.75. The molecule has 7 nitrogen and oxygen atoms in total. The Hall–Kier alpha value is -3.61. The molecule has 0 amide bonds. The first-order valence-electron chi connectivity index (χ1n) is 8.55. The van der Waals surface area contributed by atoms with Gasteiger partial charge in [-0.05, 0) is 37.3 Å². The average Bonchev–Trinajstić information content (AvgIpc) is 3.14. The molecule has 0 saturated carbocycles. The number of anilines is 1. The van der Waals surface area contributed by atoms with Gasteiger partial charge in [-0.25, -0.2) is 14.6 Å². The third-order valence-corrected chi connectivity index (χ3v) is 4.42. The molecular formula is C20H19N5O2. The SMILES string of the molecule is COc1ccc(O)c(C(C)Nc2ncnc3c2cnn3-c2ccccc2)c1. The number of benzene rings is 2. The van der Waals surface area contributed by atoms with E-state index in [0.29, 0.717) is 17.2 Å². The van der Waals surface area contributed by atoms with Gasteiger partial charge in [0.2, 0.25) is 0 Å². The van der Waals surface area contributed by atoms with Crippen molar-refractivity contribution in [1.29, 1.82) is 0 Å². The highest BCUT2D eigenvalue weighted by Gasteiger charge is 2.16. The lowest BCUT2D eigenvalue weighted by molar-refractivity contribution is 0.410. The van der Waals surface area contributed by atoms with Crippen LogP contribution in [0.25, 0.3) is 16.7 Å². The fraction of sp³-hybridized carbons (Fsp3) is 0.150. The Morgan fingerprint density at radius 2 is 1.93 bits per heavy atom. The highest BCUT2D eigenvalue weighted by atomic mass is 16.5. The maximum Gasteiger partial charge on any atom is 0.168 e. The smallest absolute Gasteiger partial charge is 0.168 e. The molecule has 2 aromatic carbocycles. The van der Waals surface area contributed by atoms with Gasteiger partial charge in [-0.1, -0.05) is 18.2 Å². The number of aromatic nitrogens is 4. The molecule has 136 valence electrons. The van der Waals surface area contributed by atoms with Crippen molar-refractivity contribution < 1.29 is 9.84 Å². The van der Waals surface area contributed by atoms with Crippen molar-refractivity contribution in [2.24, 2.45) is 0 Å². The molecule has 2 aromatic heterocycles. The molecule has 1 atom stereocenters. The quantitative estimate of drug-likeness (QED) is 0.564. The van der Waals surface area contributed by atoms with E-state index < -0.39 is 0 Å². The maximum atomic E-state index is 10.2. The van der Waals surface area contributed by atoms with Crippen LogP contribution in [0.4, 0.5) is 5.82 Å². The number of phenolic OH excluding ortho intramolecular Hbond substituents is 1. The summed E-state index contributed by atoms with van der Waals surface area (Å²) in [5.74, 6) is 1.53. The monoisotopic (exact) mass is 361 g/mol. The third kappa shape index (κ3) is 3.15. The second kappa shape index (κ2) is 6.95. The first-order chi connectivity index (χ1) is 13.2. The summed E-state index contributed by atoms with van der Waals surface area (Å²) in [6.45, 7) is 1.95. The molecular weight excluding hydrogens is 342 g/mol. The van der Waals surface area contributed by atoms with Crippen LogP contribution in [0.15, 0.2) is 61.1 Å². The van der Waals surface area contributed by atoms with Gasteiger partial charge in [0.1, 0.15) is 23.6 Å². The number of hydrogen-bond donors (Lipinski definition) is 2. The standard InChI is InChI=1S/C20H19N5O2/c1-13(16-10-15(27-2)8-9-18(16)26)24-19-17-11-23-25(20(17)22-12-21-19)14-6-4-3-5-7-14/h3-13,26H,1-2H3,(H,21,22,24). The van der Waals surface area contributed by atoms with E-state index in [1.54, 1.807) is 36.2 Å². The number of rotatable bonds is 5. The van der Waals surface area contributed by atoms with Crippen molar-refractivity contribution in [2.45, 2.75) is 13.0 Å². The Kier molecular flexibility index (Phi) is 4.33. The van der Waals surface area contributed by atoms with Gasteiger partial charge in [0.15, 0.2) is 5.65 Å². The van der Waals surface area contributed by atoms with Gasteiger partial charge >= 0.3 is 0 Å². The fourth-order valence-corrected chi connectivity index (χ4v) is 3.01. The largest absolute Gasteiger partial charge is 0.508 e. The predicted molar refractivity (Wildman–Crippen MR) is 103 cm³/mol. The summed E-state index contributed by atoms with van der Waals surface area (Å²) in [5.41, 5.74) is 2.35. The van der Waals surface area contributed by atoms with Crippen LogP contribution in [0.1, 0.15) is 18.5 Å². The summed E-state index contributed by atoms with van der Waals surface area (Å²) in [6.07, 6.45) is 3.24. The summed E-state index contributed by atoms with van der Waals surface area (Å²) < 4.78 is 7.03. The lowest BCUT2D eigenvalue weighted by Crippen LogP contribution is -2.09. The average molecular weight is 361 g/mol. The van der Waals surface area contributed by atoms with E-state index in [1.165, 1.54) is 6.33 Å². The Balaban J connectivity index is 1.70. The fourth-order valence-electron chi connectivity index (χ4n) is 3.01. The van der Waals surface area contributed by atoms with E-state index in [0.717, 1.165) is 16.6 Å². The molecule has 0 radical (unpaired) electrons. The molecule has 4 aromatic rings. The molecule has 0 aliphatic rings. The van der Waals surface area contributed by atoms with Gasteiger partial charge in [0.05, 0.1) is 30.4 Å². The number of para-hydroxylation sites is 1. The summed E-state index contributed by atoms with van der Waals surface area (Å²) in [6, 6.07) is 14.8. The number of nitrogens with zero attached hydrogens (tertiary/aromatic N) is 4.